The zero-order valence-corrected chi connectivity index (χ0v) is 12.3. The van der Waals surface area contributed by atoms with Crippen molar-refractivity contribution >= 4 is 0 Å². The van der Waals surface area contributed by atoms with E-state index in [-0.39, 0.29) is 0 Å². The molecule has 0 spiro atoms. The van der Waals surface area contributed by atoms with E-state index in [0.29, 0.717) is 6.96 Å². The Morgan fingerprint density at radius 2 is 0.909 bits per heavy atom. The van der Waals surface area contributed by atoms with E-state index in [9.17, 15) is 1.70 Å². The minimum atomic E-state index is -3.19. The molecule has 0 aromatic rings. The molecule has 2 heteroatoms. The average Bonchev–Trinajstić information content (AvgIpc) is 1.84. The van der Waals surface area contributed by atoms with E-state index in [2.05, 4.69) is 41.5 Å². The molecule has 0 aromatic carbocycles. The third kappa shape index (κ3) is 2.47. The molecule has 0 N–H and O–H groups in total. The van der Waals surface area contributed by atoms with Gasteiger partial charge in [0.15, 0.2) is 0 Å². The van der Waals surface area contributed by atoms with Crippen molar-refractivity contribution in [3.63, 3.8) is 0 Å². The molecule has 66 valence electrons. The molecule has 0 unspecified atom stereocenters. The van der Waals surface area contributed by atoms with Gasteiger partial charge in [-0.25, -0.2) is 0 Å². The van der Waals surface area contributed by atoms with Crippen molar-refractivity contribution < 1.29 is 29.9 Å². The summed E-state index contributed by atoms with van der Waals surface area (Å²) in [5, 5.41) is 0. The van der Waals surface area contributed by atoms with Gasteiger partial charge >= 0.3 is 78.4 Å². The van der Waals surface area contributed by atoms with Crippen LogP contribution < -0.4 is 0 Å². The van der Waals surface area contributed by atoms with Crippen LogP contribution in [0.25, 0.3) is 0 Å². The number of hydrogen-bond donors (Lipinski definition) is 0. The minimum absolute atomic E-state index is 0.454. The van der Waals surface area contributed by atoms with Gasteiger partial charge in [0, 0.05) is 0 Å². The SMILES string of the molecule is C[CH](C)[La](=[O])([CH](C)C)[CH](C)C. The second kappa shape index (κ2) is 4.29. The van der Waals surface area contributed by atoms with Crippen LogP contribution in [0.4, 0.5) is 0 Å². The Kier molecular flexibility index (Phi) is 4.68. The van der Waals surface area contributed by atoms with E-state index in [1.807, 2.05) is 0 Å². The van der Waals surface area contributed by atoms with Crippen molar-refractivity contribution in [1.82, 2.24) is 0 Å². The fraction of sp³-hybridized carbons (Fsp3) is 1.00. The van der Waals surface area contributed by atoms with Crippen LogP contribution in [0.2, 0.25) is 6.96 Å². The van der Waals surface area contributed by atoms with Crippen molar-refractivity contribution in [3.05, 3.63) is 0 Å². The third-order valence-corrected chi connectivity index (χ3v) is 22.8. The molecule has 0 aromatic heterocycles. The Hall–Kier alpha value is 0.995. The van der Waals surface area contributed by atoms with Crippen LogP contribution >= 0.6 is 0 Å². The quantitative estimate of drug-likeness (QED) is 0.766. The van der Waals surface area contributed by atoms with E-state index in [1.165, 1.54) is 0 Å². The van der Waals surface area contributed by atoms with Crippen LogP contribution in [-0.2, 0) is 1.70 Å². The summed E-state index contributed by atoms with van der Waals surface area (Å²) in [4.78, 5) is 0. The van der Waals surface area contributed by atoms with Gasteiger partial charge in [-0.1, -0.05) is 0 Å². The predicted molar refractivity (Wildman–Crippen MR) is 46.0 cm³/mol. The first-order valence-electron chi connectivity index (χ1n) is 4.70. The van der Waals surface area contributed by atoms with Crippen molar-refractivity contribution in [3.8, 4) is 0 Å². The van der Waals surface area contributed by atoms with Gasteiger partial charge < -0.3 is 0 Å². The first-order chi connectivity index (χ1) is 4.83. The molecule has 0 saturated carbocycles. The van der Waals surface area contributed by atoms with Gasteiger partial charge in [0.25, 0.3) is 0 Å². The molecule has 0 heterocycles. The van der Waals surface area contributed by atoms with Crippen LogP contribution in [0.3, 0.4) is 0 Å². The van der Waals surface area contributed by atoms with E-state index >= 15 is 0 Å². The molecule has 0 amide bonds. The first kappa shape index (κ1) is 12.0. The summed E-state index contributed by atoms with van der Waals surface area (Å²) in [5.74, 6) is 0. The van der Waals surface area contributed by atoms with Crippen molar-refractivity contribution in [2.24, 2.45) is 0 Å². The summed E-state index contributed by atoms with van der Waals surface area (Å²) in [7, 11) is 0. The van der Waals surface area contributed by atoms with Gasteiger partial charge in [0.1, 0.15) is 0 Å². The molecule has 0 atom stereocenters. The summed E-state index contributed by atoms with van der Waals surface area (Å²) in [6.07, 6.45) is 0. The molecule has 0 radical (unpaired) electrons. The summed E-state index contributed by atoms with van der Waals surface area (Å²) in [6, 6.07) is 0. The first-order valence-corrected chi connectivity index (χ1v) is 12.5. The summed E-state index contributed by atoms with van der Waals surface area (Å²) >= 11 is -3.19. The van der Waals surface area contributed by atoms with Gasteiger partial charge in [0.05, 0.1) is 0 Å². The Morgan fingerprint density at radius 1 is 0.727 bits per heavy atom. The van der Waals surface area contributed by atoms with E-state index in [1.54, 1.807) is 0 Å². The molecule has 0 fully saturated rings. The maximum atomic E-state index is 12.4. The summed E-state index contributed by atoms with van der Waals surface area (Å²) in [5.41, 5.74) is 0. The van der Waals surface area contributed by atoms with Gasteiger partial charge in [-0.05, 0) is 0 Å². The van der Waals surface area contributed by atoms with E-state index < -0.39 is 28.2 Å². The zero-order valence-electron chi connectivity index (χ0n) is 8.72. The van der Waals surface area contributed by atoms with Gasteiger partial charge in [-0.15, -0.1) is 0 Å². The van der Waals surface area contributed by atoms with Crippen LogP contribution in [0, 0.1) is 28.2 Å². The molecular formula is C9H21LaO. The molecule has 0 rings (SSSR count). The van der Waals surface area contributed by atoms with Crippen molar-refractivity contribution in [2.45, 2.75) is 48.5 Å². The monoisotopic (exact) mass is 284 g/mol. The average molecular weight is 284 g/mol. The Balaban J connectivity index is 4.69. The topological polar surface area (TPSA) is 17.1 Å². The molecule has 0 saturated heterocycles. The fourth-order valence-electron chi connectivity index (χ4n) is 2.31. The second-order valence-electron chi connectivity index (χ2n) is 4.72. The van der Waals surface area contributed by atoms with Crippen LogP contribution in [0.1, 0.15) is 41.5 Å². The molecule has 0 aliphatic rings. The number of rotatable bonds is 3. The van der Waals surface area contributed by atoms with Crippen molar-refractivity contribution in [2.75, 3.05) is 0 Å². The Morgan fingerprint density at radius 3 is 0.909 bits per heavy atom. The standard InChI is InChI=1S/3C3H7.La.O/c3*1-3-2;;/h3*3H,1-2H3;;. The predicted octanol–water partition coefficient (Wildman–Crippen LogP) is 3.97. The normalized spacial score (nSPS) is 12.1. The van der Waals surface area contributed by atoms with E-state index in [0.717, 1.165) is 0 Å². The fourth-order valence-corrected chi connectivity index (χ4v) is 16.8. The number of hydrogen-bond acceptors (Lipinski definition) is 1. The molecule has 1 nitrogen and oxygen atoms in total. The molecule has 0 aliphatic carbocycles. The van der Waals surface area contributed by atoms with Crippen LogP contribution in [0.5, 0.6) is 0 Å². The summed E-state index contributed by atoms with van der Waals surface area (Å²) < 4.78 is 13.8. The summed E-state index contributed by atoms with van der Waals surface area (Å²) in [6.45, 7) is 12.7. The second-order valence-corrected chi connectivity index (χ2v) is 23.5. The Labute approximate surface area is 77.8 Å². The molecule has 0 aliphatic heterocycles. The van der Waals surface area contributed by atoms with E-state index in [4.69, 9.17) is 0 Å². The van der Waals surface area contributed by atoms with Crippen LogP contribution in [0.15, 0.2) is 0 Å². The molecule has 0 bridgehead atoms. The molecular weight excluding hydrogens is 263 g/mol. The van der Waals surface area contributed by atoms with Gasteiger partial charge in [0.2, 0.25) is 0 Å². The van der Waals surface area contributed by atoms with Crippen molar-refractivity contribution in [1.29, 1.82) is 0 Å². The Bertz CT molecular complexity index is 130. The van der Waals surface area contributed by atoms with Gasteiger partial charge in [-0.2, -0.15) is 0 Å². The molecule has 11 heavy (non-hydrogen) atoms. The van der Waals surface area contributed by atoms with Gasteiger partial charge in [-0.3, -0.25) is 0 Å². The zero-order chi connectivity index (χ0) is 9.23. The maximum absolute atomic E-state index is 12.4. The third-order valence-electron chi connectivity index (χ3n) is 3.13. The van der Waals surface area contributed by atoms with Crippen LogP contribution in [-0.4, -0.2) is 0 Å².